The van der Waals surface area contributed by atoms with Gasteiger partial charge in [-0.25, -0.2) is 18.0 Å². The Bertz CT molecular complexity index is 1680. The third kappa shape index (κ3) is 6.16. The van der Waals surface area contributed by atoms with Crippen molar-refractivity contribution in [2.75, 3.05) is 31.1 Å². The number of rotatable bonds is 8. The highest BCUT2D eigenvalue weighted by molar-refractivity contribution is 6.30. The van der Waals surface area contributed by atoms with Crippen LogP contribution < -0.4 is 21.9 Å². The summed E-state index contributed by atoms with van der Waals surface area (Å²) < 4.78 is 45.2. The van der Waals surface area contributed by atoms with Crippen molar-refractivity contribution in [1.29, 1.82) is 0 Å². The van der Waals surface area contributed by atoms with Crippen LogP contribution in [0.15, 0.2) is 76.3 Å². The van der Waals surface area contributed by atoms with Gasteiger partial charge in [-0.05, 0) is 42.3 Å². The predicted molar refractivity (Wildman–Crippen MR) is 157 cm³/mol. The van der Waals surface area contributed by atoms with Crippen LogP contribution in [0.3, 0.4) is 0 Å². The Kier molecular flexibility index (Phi) is 8.86. The van der Waals surface area contributed by atoms with Crippen LogP contribution in [0.1, 0.15) is 28.4 Å². The highest BCUT2D eigenvalue weighted by Crippen LogP contribution is 2.22. The lowest BCUT2D eigenvalue weighted by molar-refractivity contribution is 0.249. The zero-order valence-corrected chi connectivity index (χ0v) is 23.8. The molecule has 0 radical (unpaired) electrons. The molecule has 0 bridgehead atoms. The van der Waals surface area contributed by atoms with E-state index in [1.54, 1.807) is 19.1 Å². The summed E-state index contributed by atoms with van der Waals surface area (Å²) in [5.74, 6) is -2.04. The molecule has 5 rings (SSSR count). The van der Waals surface area contributed by atoms with Crippen LogP contribution in [-0.4, -0.2) is 40.2 Å². The number of aromatic nitrogens is 2. The molecule has 3 aromatic carbocycles. The number of nitrogens with zero attached hydrogens (tertiary/aromatic N) is 4. The van der Waals surface area contributed by atoms with E-state index in [0.29, 0.717) is 38.4 Å². The lowest BCUT2D eigenvalue weighted by atomic mass is 10.1. The van der Waals surface area contributed by atoms with Crippen LogP contribution in [0.25, 0.3) is 0 Å². The maximum absolute atomic E-state index is 14.6. The zero-order chi connectivity index (χ0) is 30.0. The van der Waals surface area contributed by atoms with Gasteiger partial charge >= 0.3 is 5.69 Å². The molecule has 0 saturated carbocycles. The van der Waals surface area contributed by atoms with E-state index in [-0.39, 0.29) is 29.4 Å². The van der Waals surface area contributed by atoms with Gasteiger partial charge in [-0.3, -0.25) is 18.8 Å². The van der Waals surface area contributed by atoms with Crippen LogP contribution in [0.5, 0.6) is 0 Å². The monoisotopic (exact) mass is 597 g/mol. The lowest BCUT2D eigenvalue weighted by Crippen LogP contribution is -2.51. The number of anilines is 1. The van der Waals surface area contributed by atoms with Gasteiger partial charge in [0.05, 0.1) is 18.1 Å². The average molecular weight is 598 g/mol. The Labute approximate surface area is 246 Å². The molecule has 4 aromatic rings. The second-order valence-electron chi connectivity index (χ2n) is 10.4. The molecule has 0 amide bonds. The maximum Gasteiger partial charge on any atom is 0.331 e. The molecule has 0 aliphatic carbocycles. The molecular weight excluding hydrogens is 567 g/mol. The molecule has 1 aliphatic rings. The van der Waals surface area contributed by atoms with Crippen molar-refractivity contribution in [3.8, 4) is 0 Å². The number of hydrogen-bond donors (Lipinski definition) is 1. The summed E-state index contributed by atoms with van der Waals surface area (Å²) in [6.07, 6.45) is 0. The van der Waals surface area contributed by atoms with Gasteiger partial charge in [0.2, 0.25) is 0 Å². The molecule has 1 aliphatic heterocycles. The minimum Gasteiger partial charge on any atom is -0.363 e. The quantitative estimate of drug-likeness (QED) is 0.325. The van der Waals surface area contributed by atoms with Crippen LogP contribution in [0.4, 0.5) is 18.9 Å². The standard InChI is InChI=1S/C31H31ClF3N5O2/c1-20-29(38-14-12-37(13-15-38)17-21-10-11-27(35)24(32)16-21)30(41)40(19-28(36)22-6-3-2-4-7-22)31(42)39(20)18-23-25(33)8-5-9-26(23)34/h2-11,16,28H,12-15,17-19,36H2,1H3/t28-/m1/s1. The summed E-state index contributed by atoms with van der Waals surface area (Å²) in [4.78, 5) is 31.7. The van der Waals surface area contributed by atoms with E-state index < -0.39 is 34.7 Å². The van der Waals surface area contributed by atoms with Crippen molar-refractivity contribution in [3.63, 3.8) is 0 Å². The molecule has 11 heteroatoms. The second kappa shape index (κ2) is 12.6. The first-order valence-corrected chi connectivity index (χ1v) is 14.0. The van der Waals surface area contributed by atoms with E-state index in [1.165, 1.54) is 16.7 Å². The number of piperazine rings is 1. The minimum atomic E-state index is -0.781. The fourth-order valence-corrected chi connectivity index (χ4v) is 5.57. The zero-order valence-electron chi connectivity index (χ0n) is 23.1. The Hall–Kier alpha value is -3.86. The fraction of sp³-hybridized carbons (Fsp3) is 0.290. The molecule has 0 unspecified atom stereocenters. The summed E-state index contributed by atoms with van der Waals surface area (Å²) in [6, 6.07) is 16.6. The molecule has 0 spiro atoms. The summed E-state index contributed by atoms with van der Waals surface area (Å²) in [5.41, 5.74) is 7.16. The smallest absolute Gasteiger partial charge is 0.331 e. The van der Waals surface area contributed by atoms with Gasteiger partial charge in [-0.1, -0.05) is 54.1 Å². The van der Waals surface area contributed by atoms with Crippen molar-refractivity contribution >= 4 is 17.3 Å². The topological polar surface area (TPSA) is 76.5 Å². The normalized spacial score (nSPS) is 14.8. The van der Waals surface area contributed by atoms with Crippen LogP contribution in [-0.2, 0) is 19.6 Å². The van der Waals surface area contributed by atoms with Crippen LogP contribution >= 0.6 is 11.6 Å². The Morgan fingerprint density at radius 3 is 2.14 bits per heavy atom. The van der Waals surface area contributed by atoms with Crippen molar-refractivity contribution in [3.05, 3.63) is 132 Å². The Morgan fingerprint density at radius 2 is 1.50 bits per heavy atom. The predicted octanol–water partition coefficient (Wildman–Crippen LogP) is 4.46. The molecule has 2 N–H and O–H groups in total. The third-order valence-corrected chi connectivity index (χ3v) is 8.01. The fourth-order valence-electron chi connectivity index (χ4n) is 5.37. The van der Waals surface area contributed by atoms with Crippen LogP contribution in [0.2, 0.25) is 5.02 Å². The van der Waals surface area contributed by atoms with Crippen molar-refractivity contribution in [2.45, 2.75) is 32.6 Å². The highest BCUT2D eigenvalue weighted by atomic mass is 35.5. The number of halogens is 4. The lowest BCUT2D eigenvalue weighted by Gasteiger charge is -2.37. The Morgan fingerprint density at radius 1 is 0.833 bits per heavy atom. The molecule has 42 heavy (non-hydrogen) atoms. The van der Waals surface area contributed by atoms with E-state index >= 15 is 0 Å². The first kappa shape index (κ1) is 29.6. The molecule has 2 heterocycles. The van der Waals surface area contributed by atoms with E-state index in [0.717, 1.165) is 27.8 Å². The third-order valence-electron chi connectivity index (χ3n) is 7.72. The van der Waals surface area contributed by atoms with E-state index in [4.69, 9.17) is 17.3 Å². The summed E-state index contributed by atoms with van der Waals surface area (Å²) >= 11 is 5.94. The summed E-state index contributed by atoms with van der Waals surface area (Å²) in [7, 11) is 0. The average Bonchev–Trinajstić information content (AvgIpc) is 2.98. The summed E-state index contributed by atoms with van der Waals surface area (Å²) in [5, 5.41) is 0.0598. The molecule has 1 fully saturated rings. The van der Waals surface area contributed by atoms with E-state index in [2.05, 4.69) is 4.90 Å². The van der Waals surface area contributed by atoms with Gasteiger partial charge in [0, 0.05) is 50.0 Å². The largest absolute Gasteiger partial charge is 0.363 e. The van der Waals surface area contributed by atoms with Gasteiger partial charge in [0.25, 0.3) is 5.56 Å². The molecule has 1 aromatic heterocycles. The van der Waals surface area contributed by atoms with Gasteiger partial charge in [0.15, 0.2) is 0 Å². The summed E-state index contributed by atoms with van der Waals surface area (Å²) in [6.45, 7) is 3.75. The number of hydrogen-bond acceptors (Lipinski definition) is 5. The molecule has 1 saturated heterocycles. The maximum atomic E-state index is 14.6. The van der Waals surface area contributed by atoms with Gasteiger partial charge in [-0.15, -0.1) is 0 Å². The number of nitrogens with two attached hydrogens (primary N) is 1. The van der Waals surface area contributed by atoms with E-state index in [1.807, 2.05) is 35.2 Å². The van der Waals surface area contributed by atoms with Gasteiger partial charge < -0.3 is 10.6 Å². The second-order valence-corrected chi connectivity index (χ2v) is 10.9. The van der Waals surface area contributed by atoms with Crippen molar-refractivity contribution in [1.82, 2.24) is 14.0 Å². The van der Waals surface area contributed by atoms with Crippen molar-refractivity contribution < 1.29 is 13.2 Å². The molecule has 220 valence electrons. The van der Waals surface area contributed by atoms with Crippen molar-refractivity contribution in [2.24, 2.45) is 5.73 Å². The SMILES string of the molecule is Cc1c(N2CCN(Cc3ccc(F)c(Cl)c3)CC2)c(=O)n(C[C@@H](N)c2ccccc2)c(=O)n1Cc1c(F)cccc1F. The van der Waals surface area contributed by atoms with Crippen LogP contribution in [0, 0.1) is 24.4 Å². The van der Waals surface area contributed by atoms with Gasteiger partial charge in [-0.2, -0.15) is 0 Å². The van der Waals surface area contributed by atoms with E-state index in [9.17, 15) is 22.8 Å². The van der Waals surface area contributed by atoms with Gasteiger partial charge in [0.1, 0.15) is 23.1 Å². The highest BCUT2D eigenvalue weighted by Gasteiger charge is 2.26. The number of benzene rings is 3. The Balaban J connectivity index is 1.49. The molecule has 7 nitrogen and oxygen atoms in total. The first-order chi connectivity index (χ1) is 20.1. The minimum absolute atomic E-state index is 0.0598. The molecule has 1 atom stereocenters. The first-order valence-electron chi connectivity index (χ1n) is 13.6. The molecular formula is C31H31ClF3N5O2.